The van der Waals surface area contributed by atoms with E-state index in [0.717, 1.165) is 16.8 Å². The summed E-state index contributed by atoms with van der Waals surface area (Å²) in [6, 6.07) is 1.85. The number of hydrogen-bond acceptors (Lipinski definition) is 2. The maximum atomic E-state index is 11.6. The molecule has 2 aromatic heterocycles. The Kier molecular flexibility index (Phi) is 1.52. The topological polar surface area (TPSA) is 39.3 Å². The molecule has 0 aliphatic heterocycles. The largest absolute Gasteiger partial charge is 0.349 e. The van der Waals surface area contributed by atoms with Gasteiger partial charge in [-0.05, 0) is 25.5 Å². The van der Waals surface area contributed by atoms with Crippen LogP contribution in [0.15, 0.2) is 17.1 Å². The number of fused-ring (bicyclic) bond motifs is 1. The lowest BCUT2D eigenvalue weighted by Crippen LogP contribution is -2.27. The third-order valence-corrected chi connectivity index (χ3v) is 2.54. The molecule has 13 heavy (non-hydrogen) atoms. The molecule has 0 atom stereocenters. The summed E-state index contributed by atoms with van der Waals surface area (Å²) in [6.45, 7) is 3.93. The Morgan fingerprint density at radius 2 is 2.08 bits per heavy atom. The molecule has 0 unspecified atom stereocenters. The Bertz CT molecular complexity index is 521. The van der Waals surface area contributed by atoms with Crippen molar-refractivity contribution in [1.29, 1.82) is 0 Å². The molecule has 0 bridgehead atoms. The molecule has 0 saturated carbocycles. The van der Waals surface area contributed by atoms with Crippen LogP contribution in [0.4, 0.5) is 0 Å². The molecule has 0 aliphatic carbocycles. The van der Waals surface area contributed by atoms with Gasteiger partial charge >= 0.3 is 5.69 Å². The Labute approximate surface area is 75.4 Å². The van der Waals surface area contributed by atoms with E-state index in [1.165, 1.54) is 4.52 Å². The molecule has 2 rings (SSSR count). The highest BCUT2D eigenvalue weighted by molar-refractivity contribution is 5.54. The van der Waals surface area contributed by atoms with Crippen LogP contribution in [-0.4, -0.2) is 14.2 Å². The molecule has 4 heteroatoms. The van der Waals surface area contributed by atoms with E-state index in [9.17, 15) is 4.79 Å². The number of rotatable bonds is 0. The molecule has 0 amide bonds. The van der Waals surface area contributed by atoms with Gasteiger partial charge in [-0.2, -0.15) is 9.61 Å². The molecule has 0 aliphatic rings. The van der Waals surface area contributed by atoms with Gasteiger partial charge in [0, 0.05) is 12.7 Å². The average molecular weight is 177 g/mol. The molecule has 4 nitrogen and oxygen atoms in total. The van der Waals surface area contributed by atoms with E-state index in [0.29, 0.717) is 0 Å². The Morgan fingerprint density at radius 1 is 1.38 bits per heavy atom. The van der Waals surface area contributed by atoms with E-state index in [4.69, 9.17) is 0 Å². The predicted molar refractivity (Wildman–Crippen MR) is 49.9 cm³/mol. The Balaban J connectivity index is 3.11. The molecule has 0 fully saturated rings. The fourth-order valence-corrected chi connectivity index (χ4v) is 1.46. The van der Waals surface area contributed by atoms with Crippen LogP contribution >= 0.6 is 0 Å². The standard InChI is InChI=1S/C9H11N3O/c1-6-7(2)11(3)9(13)12-8(6)4-5-10-12/h4-5H,1-3H3. The molecule has 0 N–H and O–H groups in total. The van der Waals surface area contributed by atoms with Crippen LogP contribution in [0.5, 0.6) is 0 Å². The van der Waals surface area contributed by atoms with Crippen molar-refractivity contribution in [3.8, 4) is 0 Å². The number of aromatic nitrogens is 3. The lowest BCUT2D eigenvalue weighted by atomic mass is 10.2. The van der Waals surface area contributed by atoms with Crippen LogP contribution in [-0.2, 0) is 7.05 Å². The maximum absolute atomic E-state index is 11.6. The number of nitrogens with zero attached hydrogens (tertiary/aromatic N) is 3. The smallest absolute Gasteiger partial charge is 0.299 e. The third-order valence-electron chi connectivity index (χ3n) is 2.54. The van der Waals surface area contributed by atoms with E-state index in [1.807, 2.05) is 19.9 Å². The van der Waals surface area contributed by atoms with Gasteiger partial charge in [0.1, 0.15) is 0 Å². The normalized spacial score (nSPS) is 11.0. The van der Waals surface area contributed by atoms with Crippen molar-refractivity contribution in [3.63, 3.8) is 0 Å². The van der Waals surface area contributed by atoms with Crippen molar-refractivity contribution in [3.05, 3.63) is 34.0 Å². The molecule has 68 valence electrons. The first kappa shape index (κ1) is 8.04. The first-order chi connectivity index (χ1) is 6.13. The highest BCUT2D eigenvalue weighted by Crippen LogP contribution is 2.09. The van der Waals surface area contributed by atoms with Crippen molar-refractivity contribution in [2.75, 3.05) is 0 Å². The summed E-state index contributed by atoms with van der Waals surface area (Å²) in [5.74, 6) is 0. The molecular weight excluding hydrogens is 166 g/mol. The Morgan fingerprint density at radius 3 is 2.77 bits per heavy atom. The van der Waals surface area contributed by atoms with Crippen molar-refractivity contribution >= 4 is 5.52 Å². The van der Waals surface area contributed by atoms with E-state index in [-0.39, 0.29) is 5.69 Å². The van der Waals surface area contributed by atoms with Crippen LogP contribution in [0, 0.1) is 13.8 Å². The zero-order chi connectivity index (χ0) is 9.59. The van der Waals surface area contributed by atoms with Crippen molar-refractivity contribution in [1.82, 2.24) is 14.2 Å². The molecule has 0 aromatic carbocycles. The van der Waals surface area contributed by atoms with Crippen molar-refractivity contribution in [2.45, 2.75) is 13.8 Å². The van der Waals surface area contributed by atoms with Gasteiger partial charge in [-0.25, -0.2) is 4.79 Å². The van der Waals surface area contributed by atoms with E-state index < -0.39 is 0 Å². The number of hydrogen-bond donors (Lipinski definition) is 0. The Hall–Kier alpha value is -1.58. The van der Waals surface area contributed by atoms with Crippen LogP contribution in [0.25, 0.3) is 5.52 Å². The summed E-state index contributed by atoms with van der Waals surface area (Å²) in [6.07, 6.45) is 1.64. The minimum absolute atomic E-state index is 0.0944. The molecule has 2 aromatic rings. The zero-order valence-electron chi connectivity index (χ0n) is 7.90. The van der Waals surface area contributed by atoms with Crippen LogP contribution in [0.3, 0.4) is 0 Å². The first-order valence-corrected chi connectivity index (χ1v) is 4.13. The fraction of sp³-hybridized carbons (Fsp3) is 0.333. The molecular formula is C9H11N3O. The highest BCUT2D eigenvalue weighted by atomic mass is 16.1. The van der Waals surface area contributed by atoms with Gasteiger partial charge in [0.2, 0.25) is 0 Å². The lowest BCUT2D eigenvalue weighted by Gasteiger charge is -2.07. The summed E-state index contributed by atoms with van der Waals surface area (Å²) < 4.78 is 3.03. The summed E-state index contributed by atoms with van der Waals surface area (Å²) in [7, 11) is 1.76. The van der Waals surface area contributed by atoms with Gasteiger partial charge in [-0.3, -0.25) is 4.57 Å². The predicted octanol–water partition coefficient (Wildman–Crippen LogP) is 0.650. The molecule has 2 heterocycles. The van der Waals surface area contributed by atoms with Crippen LogP contribution in [0.2, 0.25) is 0 Å². The average Bonchev–Trinajstić information content (AvgIpc) is 2.59. The first-order valence-electron chi connectivity index (χ1n) is 4.13. The SMILES string of the molecule is Cc1c(C)n(C)c(=O)n2nccc12. The highest BCUT2D eigenvalue weighted by Gasteiger charge is 2.07. The van der Waals surface area contributed by atoms with Crippen LogP contribution in [0.1, 0.15) is 11.3 Å². The van der Waals surface area contributed by atoms with Gasteiger partial charge in [-0.1, -0.05) is 0 Å². The molecule has 0 saturated heterocycles. The van der Waals surface area contributed by atoms with E-state index in [1.54, 1.807) is 17.8 Å². The maximum Gasteiger partial charge on any atom is 0.349 e. The van der Waals surface area contributed by atoms with Gasteiger partial charge in [0.05, 0.1) is 11.7 Å². The van der Waals surface area contributed by atoms with E-state index in [2.05, 4.69) is 5.10 Å². The van der Waals surface area contributed by atoms with E-state index >= 15 is 0 Å². The van der Waals surface area contributed by atoms with Crippen molar-refractivity contribution < 1.29 is 0 Å². The second-order valence-corrected chi connectivity index (χ2v) is 3.18. The quantitative estimate of drug-likeness (QED) is 0.592. The van der Waals surface area contributed by atoms with Crippen molar-refractivity contribution in [2.24, 2.45) is 7.05 Å². The van der Waals surface area contributed by atoms with Crippen LogP contribution < -0.4 is 5.69 Å². The van der Waals surface area contributed by atoms with Gasteiger partial charge in [-0.15, -0.1) is 0 Å². The molecule has 0 radical (unpaired) electrons. The summed E-state index contributed by atoms with van der Waals surface area (Å²) >= 11 is 0. The van der Waals surface area contributed by atoms with Gasteiger partial charge in [0.25, 0.3) is 0 Å². The lowest BCUT2D eigenvalue weighted by molar-refractivity contribution is 0.714. The number of aryl methyl sites for hydroxylation is 1. The third kappa shape index (κ3) is 0.915. The van der Waals surface area contributed by atoms with Gasteiger partial charge < -0.3 is 0 Å². The zero-order valence-corrected chi connectivity index (χ0v) is 7.90. The minimum atomic E-state index is -0.0944. The summed E-state index contributed by atoms with van der Waals surface area (Å²) in [5, 5.41) is 3.96. The second-order valence-electron chi connectivity index (χ2n) is 3.18. The fourth-order valence-electron chi connectivity index (χ4n) is 1.46. The molecule has 0 spiro atoms. The summed E-state index contributed by atoms with van der Waals surface area (Å²) in [5.41, 5.74) is 2.88. The minimum Gasteiger partial charge on any atom is -0.299 e. The monoisotopic (exact) mass is 177 g/mol. The summed E-state index contributed by atoms with van der Waals surface area (Å²) in [4.78, 5) is 11.6. The van der Waals surface area contributed by atoms with Gasteiger partial charge in [0.15, 0.2) is 0 Å². The second kappa shape index (κ2) is 2.45.